The van der Waals surface area contributed by atoms with E-state index in [1.165, 1.54) is 25.3 Å². The first-order valence-corrected chi connectivity index (χ1v) is 8.89. The second kappa shape index (κ2) is 7.20. The van der Waals surface area contributed by atoms with Crippen molar-refractivity contribution in [2.24, 2.45) is 0 Å². The number of hydrogen-bond acceptors (Lipinski definition) is 4. The first-order chi connectivity index (χ1) is 13.9. The minimum Gasteiger partial charge on any atom is -0.467 e. The Hall–Kier alpha value is -3.42. The van der Waals surface area contributed by atoms with E-state index >= 15 is 0 Å². The number of aryl methyl sites for hydroxylation is 1. The summed E-state index contributed by atoms with van der Waals surface area (Å²) in [5.74, 6) is -2.61. The van der Waals surface area contributed by atoms with Crippen LogP contribution in [0, 0.1) is 24.4 Å². The molecule has 2 aromatic carbocycles. The highest BCUT2D eigenvalue weighted by atomic mass is 19.1. The smallest absolute Gasteiger partial charge is 0.318 e. The molecule has 0 saturated heterocycles. The Bertz CT molecular complexity index is 1110. The van der Waals surface area contributed by atoms with Crippen LogP contribution in [-0.4, -0.2) is 23.0 Å². The van der Waals surface area contributed by atoms with Crippen LogP contribution in [0.3, 0.4) is 0 Å². The molecule has 1 aliphatic rings. The normalized spacial score (nSPS) is 13.4. The summed E-state index contributed by atoms with van der Waals surface area (Å²) in [6.45, 7) is 1.72. The first kappa shape index (κ1) is 18.9. The van der Waals surface area contributed by atoms with Gasteiger partial charge in [0.15, 0.2) is 5.82 Å². The van der Waals surface area contributed by atoms with Crippen LogP contribution in [0.15, 0.2) is 36.4 Å². The lowest BCUT2D eigenvalue weighted by atomic mass is 9.95. The van der Waals surface area contributed by atoms with Gasteiger partial charge in [-0.1, -0.05) is 6.07 Å². The van der Waals surface area contributed by atoms with Gasteiger partial charge >= 0.3 is 6.01 Å². The summed E-state index contributed by atoms with van der Waals surface area (Å²) in [6, 6.07) is 7.52. The van der Waals surface area contributed by atoms with Gasteiger partial charge in [-0.15, -0.1) is 0 Å². The van der Waals surface area contributed by atoms with Crippen LogP contribution < -0.4 is 9.64 Å². The van der Waals surface area contributed by atoms with Crippen molar-refractivity contribution in [1.82, 2.24) is 9.97 Å². The molecule has 0 unspecified atom stereocenters. The molecular formula is C21H16F3N3O2. The zero-order chi connectivity index (χ0) is 20.7. The van der Waals surface area contributed by atoms with E-state index in [9.17, 15) is 18.0 Å². The maximum absolute atomic E-state index is 14.5. The molecule has 3 aromatic rings. The van der Waals surface area contributed by atoms with Crippen LogP contribution >= 0.6 is 0 Å². The molecule has 4 rings (SSSR count). The summed E-state index contributed by atoms with van der Waals surface area (Å²) >= 11 is 0. The summed E-state index contributed by atoms with van der Waals surface area (Å²) in [5.41, 5.74) is 1.70. The van der Waals surface area contributed by atoms with Gasteiger partial charge in [0.1, 0.15) is 23.1 Å². The van der Waals surface area contributed by atoms with E-state index in [0.29, 0.717) is 22.4 Å². The predicted octanol–water partition coefficient (Wildman–Crippen LogP) is 4.49. The molecule has 1 amide bonds. The van der Waals surface area contributed by atoms with Crippen LogP contribution in [0.25, 0.3) is 11.3 Å². The lowest BCUT2D eigenvalue weighted by Crippen LogP contribution is -2.33. The first-order valence-electron chi connectivity index (χ1n) is 8.89. The lowest BCUT2D eigenvalue weighted by Gasteiger charge is -2.30. The number of benzene rings is 2. The van der Waals surface area contributed by atoms with Crippen molar-refractivity contribution in [3.63, 3.8) is 0 Å². The molecule has 5 nitrogen and oxygen atoms in total. The Labute approximate surface area is 164 Å². The number of hydrogen-bond donors (Lipinski definition) is 0. The number of nitrogens with zero attached hydrogens (tertiary/aromatic N) is 3. The number of methoxy groups -OCH3 is 1. The molecule has 1 aliphatic heterocycles. The van der Waals surface area contributed by atoms with Gasteiger partial charge in [-0.25, -0.2) is 13.2 Å². The zero-order valence-electron chi connectivity index (χ0n) is 15.7. The molecule has 0 bridgehead atoms. The molecule has 0 saturated carbocycles. The number of carbonyl (C=O) groups excluding carboxylic acids is 1. The number of anilines is 2. The van der Waals surface area contributed by atoms with E-state index in [1.807, 2.05) is 0 Å². The average Bonchev–Trinajstić information content (AvgIpc) is 2.68. The molecule has 0 fully saturated rings. The van der Waals surface area contributed by atoms with Crippen molar-refractivity contribution >= 4 is 17.4 Å². The van der Waals surface area contributed by atoms with Gasteiger partial charge in [0.25, 0.3) is 0 Å². The van der Waals surface area contributed by atoms with Crippen molar-refractivity contribution in [2.45, 2.75) is 19.8 Å². The highest BCUT2D eigenvalue weighted by molar-refractivity contribution is 6.03. The van der Waals surface area contributed by atoms with E-state index in [-0.39, 0.29) is 24.7 Å². The quantitative estimate of drug-likeness (QED) is 0.651. The summed E-state index contributed by atoms with van der Waals surface area (Å²) < 4.78 is 47.7. The number of carbonyl (C=O) groups is 1. The van der Waals surface area contributed by atoms with Gasteiger partial charge in [-0.3, -0.25) is 9.69 Å². The molecule has 8 heteroatoms. The Morgan fingerprint density at radius 1 is 1.03 bits per heavy atom. The molecule has 0 N–H and O–H groups in total. The lowest BCUT2D eigenvalue weighted by molar-refractivity contribution is -0.118. The highest BCUT2D eigenvalue weighted by Crippen LogP contribution is 2.41. The van der Waals surface area contributed by atoms with E-state index in [0.717, 1.165) is 17.0 Å². The van der Waals surface area contributed by atoms with Crippen molar-refractivity contribution in [1.29, 1.82) is 0 Å². The fourth-order valence-corrected chi connectivity index (χ4v) is 3.47. The van der Waals surface area contributed by atoms with Crippen molar-refractivity contribution < 1.29 is 22.7 Å². The summed E-state index contributed by atoms with van der Waals surface area (Å²) in [5, 5.41) is 0. The maximum atomic E-state index is 14.5. The van der Waals surface area contributed by atoms with E-state index in [4.69, 9.17) is 4.74 Å². The molecule has 29 heavy (non-hydrogen) atoms. The molecule has 2 heterocycles. The number of para-hydroxylation sites is 1. The van der Waals surface area contributed by atoms with Gasteiger partial charge in [0.05, 0.1) is 12.8 Å². The molecule has 0 radical (unpaired) electrons. The summed E-state index contributed by atoms with van der Waals surface area (Å²) in [6.07, 6.45) is 0.292. The van der Waals surface area contributed by atoms with Crippen molar-refractivity contribution in [3.05, 3.63) is 65.0 Å². The topological polar surface area (TPSA) is 55.3 Å². The van der Waals surface area contributed by atoms with Gasteiger partial charge in [0.2, 0.25) is 5.91 Å². The fourth-order valence-electron chi connectivity index (χ4n) is 3.47. The predicted molar refractivity (Wildman–Crippen MR) is 101 cm³/mol. The van der Waals surface area contributed by atoms with Crippen LogP contribution in [0.1, 0.15) is 17.5 Å². The third-order valence-electron chi connectivity index (χ3n) is 4.80. The number of ether oxygens (including phenoxy) is 1. The number of fused-ring (bicyclic) bond motifs is 1. The van der Waals surface area contributed by atoms with E-state index < -0.39 is 29.0 Å². The summed E-state index contributed by atoms with van der Waals surface area (Å²) in [7, 11) is 1.35. The maximum Gasteiger partial charge on any atom is 0.318 e. The van der Waals surface area contributed by atoms with Gasteiger partial charge < -0.3 is 4.74 Å². The standard InChI is InChI=1S/C21H16F3N3O2/c1-11-10-12(22)6-7-13(11)18-14-8-9-17(28)27(20(14)26-21(25-18)29-2)19-15(23)4-3-5-16(19)24/h3-7,10H,8-9H2,1-2H3. The SMILES string of the molecule is COc1nc(-c2ccc(F)cc2C)c2c(n1)N(c1c(F)cccc1F)C(=O)CC2. The number of aromatic nitrogens is 2. The van der Waals surface area contributed by atoms with Crippen LogP contribution in [-0.2, 0) is 11.2 Å². The highest BCUT2D eigenvalue weighted by Gasteiger charge is 2.34. The van der Waals surface area contributed by atoms with Crippen LogP contribution in [0.2, 0.25) is 0 Å². The Balaban J connectivity index is 2.00. The molecular weight excluding hydrogens is 383 g/mol. The number of rotatable bonds is 3. The molecule has 148 valence electrons. The third kappa shape index (κ3) is 3.20. The van der Waals surface area contributed by atoms with E-state index in [1.54, 1.807) is 13.0 Å². The largest absolute Gasteiger partial charge is 0.467 e. The van der Waals surface area contributed by atoms with Crippen LogP contribution in [0.4, 0.5) is 24.7 Å². The Kier molecular flexibility index (Phi) is 4.70. The monoisotopic (exact) mass is 399 g/mol. The van der Waals surface area contributed by atoms with Gasteiger partial charge in [-0.05, 0) is 49.2 Å². The minimum absolute atomic E-state index is 0.0176. The Morgan fingerprint density at radius 3 is 2.41 bits per heavy atom. The van der Waals surface area contributed by atoms with E-state index in [2.05, 4.69) is 9.97 Å². The molecule has 1 aromatic heterocycles. The second-order valence-electron chi connectivity index (χ2n) is 6.62. The van der Waals surface area contributed by atoms with Crippen molar-refractivity contribution in [2.75, 3.05) is 12.0 Å². The average molecular weight is 399 g/mol. The van der Waals surface area contributed by atoms with Gasteiger partial charge in [0, 0.05) is 17.5 Å². The second-order valence-corrected chi connectivity index (χ2v) is 6.62. The molecule has 0 spiro atoms. The molecule has 0 atom stereocenters. The summed E-state index contributed by atoms with van der Waals surface area (Å²) in [4.78, 5) is 22.2. The zero-order valence-corrected chi connectivity index (χ0v) is 15.7. The number of amides is 1. The molecule has 0 aliphatic carbocycles. The number of halogens is 3. The minimum atomic E-state index is -0.886. The fraction of sp³-hybridized carbons (Fsp3) is 0.190. The van der Waals surface area contributed by atoms with Crippen LogP contribution in [0.5, 0.6) is 6.01 Å². The van der Waals surface area contributed by atoms with Crippen molar-refractivity contribution in [3.8, 4) is 17.3 Å². The van der Waals surface area contributed by atoms with Gasteiger partial charge in [-0.2, -0.15) is 9.97 Å². The Morgan fingerprint density at radius 2 is 1.76 bits per heavy atom. The third-order valence-corrected chi connectivity index (χ3v) is 4.80.